The van der Waals surface area contributed by atoms with Crippen LogP contribution in [0.15, 0.2) is 54.9 Å². The fourth-order valence-corrected chi connectivity index (χ4v) is 2.53. The molecule has 132 valence electrons. The molecule has 0 aliphatic carbocycles. The van der Waals surface area contributed by atoms with Gasteiger partial charge in [0.2, 0.25) is 0 Å². The maximum atomic E-state index is 12.2. The number of anilines is 2. The van der Waals surface area contributed by atoms with Crippen molar-refractivity contribution in [2.75, 3.05) is 5.32 Å². The van der Waals surface area contributed by atoms with Crippen LogP contribution in [0.4, 0.5) is 11.5 Å². The Bertz CT molecular complexity index is 908. The van der Waals surface area contributed by atoms with E-state index in [1.165, 1.54) is 18.0 Å². The number of aromatic nitrogens is 2. The molecule has 2 N–H and O–H groups in total. The molecule has 0 bridgehead atoms. The van der Waals surface area contributed by atoms with Crippen LogP contribution in [-0.2, 0) is 6.54 Å². The molecule has 0 fully saturated rings. The van der Waals surface area contributed by atoms with Gasteiger partial charge in [-0.05, 0) is 37.1 Å². The molecule has 5 nitrogen and oxygen atoms in total. The minimum Gasteiger partial charge on any atom is -0.347 e. The number of halogens is 1. The number of hydrogen-bond donors (Lipinski definition) is 2. The van der Waals surface area contributed by atoms with Gasteiger partial charge >= 0.3 is 0 Å². The zero-order valence-electron chi connectivity index (χ0n) is 14.6. The summed E-state index contributed by atoms with van der Waals surface area (Å²) >= 11 is 6.01. The Morgan fingerprint density at radius 3 is 2.50 bits per heavy atom. The fraction of sp³-hybridized carbons (Fsp3) is 0.150. The van der Waals surface area contributed by atoms with Crippen LogP contribution in [0.2, 0.25) is 5.02 Å². The molecule has 0 aliphatic rings. The first-order valence-electron chi connectivity index (χ1n) is 8.20. The predicted molar refractivity (Wildman–Crippen MR) is 104 cm³/mol. The van der Waals surface area contributed by atoms with Gasteiger partial charge in [-0.2, -0.15) is 0 Å². The number of benzene rings is 2. The summed E-state index contributed by atoms with van der Waals surface area (Å²) in [5.41, 5.74) is 4.38. The van der Waals surface area contributed by atoms with Crippen LogP contribution in [0.3, 0.4) is 0 Å². The minimum atomic E-state index is -0.261. The number of carbonyl (C=O) groups is 1. The highest BCUT2D eigenvalue weighted by atomic mass is 35.5. The minimum absolute atomic E-state index is 0.261. The zero-order valence-corrected chi connectivity index (χ0v) is 15.3. The van der Waals surface area contributed by atoms with Gasteiger partial charge in [-0.1, -0.05) is 47.5 Å². The molecule has 3 rings (SSSR count). The highest BCUT2D eigenvalue weighted by Crippen LogP contribution is 2.22. The maximum absolute atomic E-state index is 12.2. The summed E-state index contributed by atoms with van der Waals surface area (Å²) in [5.74, 6) is 0.286. The number of amides is 1. The van der Waals surface area contributed by atoms with Crippen molar-refractivity contribution in [2.45, 2.75) is 20.4 Å². The van der Waals surface area contributed by atoms with E-state index < -0.39 is 0 Å². The van der Waals surface area contributed by atoms with Gasteiger partial charge in [-0.15, -0.1) is 0 Å². The summed E-state index contributed by atoms with van der Waals surface area (Å²) in [5, 5.41) is 6.63. The number of nitrogens with one attached hydrogen (secondary N) is 2. The second-order valence-electron chi connectivity index (χ2n) is 6.04. The molecule has 0 saturated heterocycles. The molecule has 0 spiro atoms. The molecular weight excluding hydrogens is 348 g/mol. The van der Waals surface area contributed by atoms with Crippen molar-refractivity contribution >= 4 is 29.0 Å². The average Bonchev–Trinajstić information content (AvgIpc) is 2.64. The van der Waals surface area contributed by atoms with Crippen molar-refractivity contribution < 1.29 is 4.79 Å². The van der Waals surface area contributed by atoms with Gasteiger partial charge in [0.15, 0.2) is 0 Å². The van der Waals surface area contributed by atoms with E-state index in [1.54, 1.807) is 0 Å². The quantitative estimate of drug-likeness (QED) is 0.701. The zero-order chi connectivity index (χ0) is 18.5. The lowest BCUT2D eigenvalue weighted by atomic mass is 10.1. The third-order valence-electron chi connectivity index (χ3n) is 3.92. The second-order valence-corrected chi connectivity index (χ2v) is 6.48. The van der Waals surface area contributed by atoms with Gasteiger partial charge in [-0.3, -0.25) is 4.79 Å². The van der Waals surface area contributed by atoms with E-state index in [2.05, 4.69) is 20.6 Å². The van der Waals surface area contributed by atoms with Gasteiger partial charge in [0.05, 0.1) is 12.4 Å². The Morgan fingerprint density at radius 1 is 1.04 bits per heavy atom. The molecule has 2 aromatic carbocycles. The SMILES string of the molecule is Cc1ccc(CNC(=O)c2cnc(Nc3cc(Cl)ccc3C)cn2)cc1. The molecular formula is C20H19ClN4O. The largest absolute Gasteiger partial charge is 0.347 e. The normalized spacial score (nSPS) is 10.4. The Kier molecular flexibility index (Phi) is 5.49. The number of rotatable bonds is 5. The molecule has 1 amide bonds. The molecule has 26 heavy (non-hydrogen) atoms. The van der Waals surface area contributed by atoms with E-state index in [9.17, 15) is 4.79 Å². The van der Waals surface area contributed by atoms with E-state index in [0.717, 1.165) is 16.8 Å². The first-order chi connectivity index (χ1) is 12.5. The second kappa shape index (κ2) is 7.97. The van der Waals surface area contributed by atoms with Crippen LogP contribution in [-0.4, -0.2) is 15.9 Å². The van der Waals surface area contributed by atoms with Crippen molar-refractivity contribution in [1.82, 2.24) is 15.3 Å². The summed E-state index contributed by atoms with van der Waals surface area (Å²) in [6.45, 7) is 4.44. The molecule has 0 radical (unpaired) electrons. The molecule has 0 unspecified atom stereocenters. The molecule has 1 aromatic heterocycles. The van der Waals surface area contributed by atoms with Crippen molar-refractivity contribution in [3.8, 4) is 0 Å². The summed E-state index contributed by atoms with van der Waals surface area (Å²) < 4.78 is 0. The van der Waals surface area contributed by atoms with E-state index >= 15 is 0 Å². The number of hydrogen-bond acceptors (Lipinski definition) is 4. The molecule has 6 heteroatoms. The third-order valence-corrected chi connectivity index (χ3v) is 4.16. The van der Waals surface area contributed by atoms with Gasteiger partial charge in [0.25, 0.3) is 5.91 Å². The Morgan fingerprint density at radius 2 is 1.81 bits per heavy atom. The van der Waals surface area contributed by atoms with Crippen LogP contribution in [0, 0.1) is 13.8 Å². The van der Waals surface area contributed by atoms with Crippen LogP contribution in [0.25, 0.3) is 0 Å². The van der Waals surface area contributed by atoms with Gasteiger partial charge < -0.3 is 10.6 Å². The summed E-state index contributed by atoms with van der Waals surface area (Å²) in [6.07, 6.45) is 2.98. The lowest BCUT2D eigenvalue weighted by Crippen LogP contribution is -2.24. The van der Waals surface area contributed by atoms with Crippen molar-refractivity contribution in [2.24, 2.45) is 0 Å². The van der Waals surface area contributed by atoms with Gasteiger partial charge in [0, 0.05) is 17.3 Å². The van der Waals surface area contributed by atoms with E-state index in [1.807, 2.05) is 56.3 Å². The van der Waals surface area contributed by atoms with Crippen LogP contribution in [0.5, 0.6) is 0 Å². The molecule has 1 heterocycles. The first kappa shape index (κ1) is 17.9. The van der Waals surface area contributed by atoms with Gasteiger partial charge in [-0.25, -0.2) is 9.97 Å². The average molecular weight is 367 g/mol. The monoisotopic (exact) mass is 366 g/mol. The topological polar surface area (TPSA) is 66.9 Å². The Labute approximate surface area is 157 Å². The van der Waals surface area contributed by atoms with Gasteiger partial charge in [0.1, 0.15) is 11.5 Å². The highest BCUT2D eigenvalue weighted by Gasteiger charge is 2.08. The molecule has 0 atom stereocenters. The van der Waals surface area contributed by atoms with Crippen LogP contribution in [0.1, 0.15) is 27.2 Å². The summed E-state index contributed by atoms with van der Waals surface area (Å²) in [4.78, 5) is 20.6. The first-order valence-corrected chi connectivity index (χ1v) is 8.58. The van der Waals surface area contributed by atoms with E-state index in [-0.39, 0.29) is 11.6 Å². The number of nitrogens with zero attached hydrogens (tertiary/aromatic N) is 2. The number of carbonyl (C=O) groups excluding carboxylic acids is 1. The smallest absolute Gasteiger partial charge is 0.271 e. The Hall–Kier alpha value is -2.92. The summed E-state index contributed by atoms with van der Waals surface area (Å²) in [6, 6.07) is 13.6. The van der Waals surface area contributed by atoms with Crippen molar-refractivity contribution in [3.05, 3.63) is 82.3 Å². The third kappa shape index (κ3) is 4.58. The van der Waals surface area contributed by atoms with Crippen molar-refractivity contribution in [1.29, 1.82) is 0 Å². The fourth-order valence-electron chi connectivity index (χ4n) is 2.36. The molecule has 0 aliphatic heterocycles. The number of aryl methyl sites for hydroxylation is 2. The Balaban J connectivity index is 1.62. The molecule has 0 saturated carbocycles. The van der Waals surface area contributed by atoms with Crippen molar-refractivity contribution in [3.63, 3.8) is 0 Å². The van der Waals surface area contributed by atoms with E-state index in [4.69, 9.17) is 11.6 Å². The summed E-state index contributed by atoms with van der Waals surface area (Å²) in [7, 11) is 0. The predicted octanol–water partition coefficient (Wildman–Crippen LogP) is 4.42. The molecule has 3 aromatic rings. The van der Waals surface area contributed by atoms with Crippen LogP contribution >= 0.6 is 11.6 Å². The maximum Gasteiger partial charge on any atom is 0.271 e. The van der Waals surface area contributed by atoms with E-state index in [0.29, 0.717) is 17.4 Å². The lowest BCUT2D eigenvalue weighted by molar-refractivity contribution is 0.0945. The lowest BCUT2D eigenvalue weighted by Gasteiger charge is -2.09. The highest BCUT2D eigenvalue weighted by molar-refractivity contribution is 6.30. The standard InChI is InChI=1S/C20H19ClN4O/c1-13-3-6-15(7-4-13)10-24-20(26)18-11-23-19(12-22-18)25-17-9-16(21)8-5-14(17)2/h3-9,11-12H,10H2,1-2H3,(H,23,25)(H,24,26). The van der Waals surface area contributed by atoms with Crippen LogP contribution < -0.4 is 10.6 Å².